The Labute approximate surface area is 145 Å². The fraction of sp³-hybridized carbons (Fsp3) is 0.632. The summed E-state index contributed by atoms with van der Waals surface area (Å²) in [7, 11) is 0. The number of hydrogen-bond acceptors (Lipinski definition) is 3. The summed E-state index contributed by atoms with van der Waals surface area (Å²) in [5, 5.41) is 12.8. The molecule has 1 saturated heterocycles. The van der Waals surface area contributed by atoms with Crippen LogP contribution in [0.25, 0.3) is 0 Å². The molecule has 0 aromatic heterocycles. The van der Waals surface area contributed by atoms with Gasteiger partial charge >= 0.3 is 6.03 Å². The van der Waals surface area contributed by atoms with Crippen LogP contribution < -0.4 is 5.32 Å². The van der Waals surface area contributed by atoms with E-state index in [1.807, 2.05) is 45.9 Å². The first-order valence-electron chi connectivity index (χ1n) is 8.67. The van der Waals surface area contributed by atoms with Crippen molar-refractivity contribution in [3.05, 3.63) is 35.4 Å². The van der Waals surface area contributed by atoms with Gasteiger partial charge in [0.05, 0.1) is 18.3 Å². The highest BCUT2D eigenvalue weighted by molar-refractivity contribution is 5.74. The quantitative estimate of drug-likeness (QED) is 0.890. The van der Waals surface area contributed by atoms with Crippen molar-refractivity contribution in [1.29, 1.82) is 0 Å². The molecule has 1 fully saturated rings. The number of rotatable bonds is 4. The Hall–Kier alpha value is -1.59. The minimum absolute atomic E-state index is 0.114. The lowest BCUT2D eigenvalue weighted by Gasteiger charge is -2.34. The number of aliphatic hydroxyl groups excluding tert-OH is 1. The minimum atomic E-state index is -0.428. The van der Waals surface area contributed by atoms with Gasteiger partial charge in [-0.25, -0.2) is 4.79 Å². The molecule has 24 heavy (non-hydrogen) atoms. The smallest absolute Gasteiger partial charge is 0.317 e. The van der Waals surface area contributed by atoms with Gasteiger partial charge in [0.2, 0.25) is 0 Å². The Morgan fingerprint density at radius 2 is 2.08 bits per heavy atom. The van der Waals surface area contributed by atoms with Crippen molar-refractivity contribution in [2.24, 2.45) is 5.92 Å². The van der Waals surface area contributed by atoms with Crippen LogP contribution in [0.15, 0.2) is 24.3 Å². The highest BCUT2D eigenvalue weighted by Crippen LogP contribution is 2.17. The van der Waals surface area contributed by atoms with Crippen molar-refractivity contribution in [2.75, 3.05) is 13.1 Å². The number of nitrogens with one attached hydrogen (secondary N) is 1. The molecule has 1 aliphatic heterocycles. The lowest BCUT2D eigenvalue weighted by atomic mass is 9.96. The Morgan fingerprint density at radius 1 is 1.38 bits per heavy atom. The molecule has 1 heterocycles. The number of hydrogen-bond donors (Lipinski definition) is 2. The van der Waals surface area contributed by atoms with Crippen molar-refractivity contribution in [3.63, 3.8) is 0 Å². The van der Waals surface area contributed by atoms with E-state index in [0.717, 1.165) is 17.5 Å². The van der Waals surface area contributed by atoms with Gasteiger partial charge < -0.3 is 20.1 Å². The van der Waals surface area contributed by atoms with Gasteiger partial charge in [0.15, 0.2) is 0 Å². The zero-order valence-electron chi connectivity index (χ0n) is 15.2. The summed E-state index contributed by atoms with van der Waals surface area (Å²) in [5.74, 6) is 0.258. The summed E-state index contributed by atoms with van der Waals surface area (Å²) in [5.41, 5.74) is 1.97. The fourth-order valence-electron chi connectivity index (χ4n) is 2.65. The van der Waals surface area contributed by atoms with Crippen LogP contribution in [-0.2, 0) is 17.9 Å². The molecule has 0 bridgehead atoms. The standard InChI is InChI=1S/C19H30N2O3/c1-14-8-9-21(12-17(14)22)18(23)20-11-15-6-5-7-16(10-15)13-24-19(2,3)4/h5-7,10,14,17,22H,8-9,11-13H2,1-4H3,(H,20,23). The summed E-state index contributed by atoms with van der Waals surface area (Å²) in [6.07, 6.45) is 0.413. The lowest BCUT2D eigenvalue weighted by molar-refractivity contribution is -0.0149. The van der Waals surface area contributed by atoms with Gasteiger partial charge in [-0.3, -0.25) is 0 Å². The Bertz CT molecular complexity index is 554. The molecule has 1 aromatic rings. The third kappa shape index (κ3) is 5.80. The molecular weight excluding hydrogens is 304 g/mol. The number of ether oxygens (including phenoxy) is 1. The van der Waals surface area contributed by atoms with E-state index in [4.69, 9.17) is 4.74 Å². The van der Waals surface area contributed by atoms with Gasteiger partial charge in [0.1, 0.15) is 0 Å². The summed E-state index contributed by atoms with van der Waals surface area (Å²) in [4.78, 5) is 13.9. The summed E-state index contributed by atoms with van der Waals surface area (Å²) in [6, 6.07) is 7.94. The molecule has 2 rings (SSSR count). The number of aliphatic hydroxyl groups is 1. The number of likely N-dealkylation sites (tertiary alicyclic amines) is 1. The molecule has 0 aliphatic carbocycles. The second-order valence-electron chi connectivity index (χ2n) is 7.66. The molecule has 0 spiro atoms. The highest BCUT2D eigenvalue weighted by atomic mass is 16.5. The predicted octanol–water partition coefficient (Wildman–Crippen LogP) is 2.91. The largest absolute Gasteiger partial charge is 0.391 e. The van der Waals surface area contributed by atoms with Crippen molar-refractivity contribution in [1.82, 2.24) is 10.2 Å². The molecule has 1 aliphatic rings. The average molecular weight is 334 g/mol. The van der Waals surface area contributed by atoms with Gasteiger partial charge in [0, 0.05) is 19.6 Å². The second-order valence-corrected chi connectivity index (χ2v) is 7.66. The van der Waals surface area contributed by atoms with E-state index in [-0.39, 0.29) is 17.6 Å². The number of benzene rings is 1. The summed E-state index contributed by atoms with van der Waals surface area (Å²) >= 11 is 0. The first-order chi connectivity index (χ1) is 11.2. The van der Waals surface area contributed by atoms with Crippen molar-refractivity contribution in [2.45, 2.75) is 59.0 Å². The Kier molecular flexibility index (Phi) is 6.24. The topological polar surface area (TPSA) is 61.8 Å². The number of amides is 2. The van der Waals surface area contributed by atoms with E-state index in [2.05, 4.69) is 11.4 Å². The fourth-order valence-corrected chi connectivity index (χ4v) is 2.65. The van der Waals surface area contributed by atoms with Crippen LogP contribution in [-0.4, -0.2) is 40.8 Å². The molecule has 0 saturated carbocycles. The van der Waals surface area contributed by atoms with Crippen LogP contribution >= 0.6 is 0 Å². The molecule has 2 unspecified atom stereocenters. The minimum Gasteiger partial charge on any atom is -0.391 e. The number of carbonyl (C=O) groups excluding carboxylic acids is 1. The predicted molar refractivity (Wildman–Crippen MR) is 94.6 cm³/mol. The van der Waals surface area contributed by atoms with Gasteiger partial charge in [-0.2, -0.15) is 0 Å². The summed E-state index contributed by atoms with van der Waals surface area (Å²) < 4.78 is 5.79. The second kappa shape index (κ2) is 7.99. The maximum atomic E-state index is 12.2. The summed E-state index contributed by atoms with van der Waals surface area (Å²) in [6.45, 7) is 10.3. The molecule has 0 radical (unpaired) electrons. The lowest BCUT2D eigenvalue weighted by Crippen LogP contribution is -2.49. The Morgan fingerprint density at radius 3 is 2.75 bits per heavy atom. The van der Waals surface area contributed by atoms with Crippen LogP contribution in [0.4, 0.5) is 4.79 Å². The van der Waals surface area contributed by atoms with Gasteiger partial charge in [-0.15, -0.1) is 0 Å². The van der Waals surface area contributed by atoms with Gasteiger partial charge in [-0.05, 0) is 44.2 Å². The maximum Gasteiger partial charge on any atom is 0.317 e. The molecule has 1 aromatic carbocycles. The molecule has 5 heteroatoms. The van der Waals surface area contributed by atoms with E-state index >= 15 is 0 Å². The van der Waals surface area contributed by atoms with E-state index in [1.165, 1.54) is 0 Å². The molecule has 2 N–H and O–H groups in total. The van der Waals surface area contributed by atoms with Crippen LogP contribution in [0.1, 0.15) is 45.2 Å². The van der Waals surface area contributed by atoms with Crippen LogP contribution in [0.2, 0.25) is 0 Å². The van der Waals surface area contributed by atoms with Gasteiger partial charge in [0.25, 0.3) is 0 Å². The Balaban J connectivity index is 1.84. The number of β-amino-alcohol motifs (C(OH)–C–C–N with tert-alkyl or cyclic N) is 1. The molecule has 2 atom stereocenters. The number of piperidine rings is 1. The van der Waals surface area contributed by atoms with Crippen molar-refractivity contribution >= 4 is 6.03 Å². The van der Waals surface area contributed by atoms with Crippen molar-refractivity contribution < 1.29 is 14.6 Å². The first kappa shape index (κ1) is 18.7. The van der Waals surface area contributed by atoms with Crippen LogP contribution in [0.5, 0.6) is 0 Å². The first-order valence-corrected chi connectivity index (χ1v) is 8.67. The third-order valence-corrected chi connectivity index (χ3v) is 4.31. The number of nitrogens with zero attached hydrogens (tertiary/aromatic N) is 1. The van der Waals surface area contributed by atoms with Crippen LogP contribution in [0.3, 0.4) is 0 Å². The SMILES string of the molecule is CC1CCN(C(=O)NCc2cccc(COC(C)(C)C)c2)CC1O. The highest BCUT2D eigenvalue weighted by Gasteiger charge is 2.27. The van der Waals surface area contributed by atoms with E-state index < -0.39 is 6.10 Å². The van der Waals surface area contributed by atoms with Crippen LogP contribution in [0, 0.1) is 5.92 Å². The molecule has 5 nitrogen and oxygen atoms in total. The zero-order valence-corrected chi connectivity index (χ0v) is 15.2. The van der Waals surface area contributed by atoms with E-state index in [9.17, 15) is 9.90 Å². The van der Waals surface area contributed by atoms with Gasteiger partial charge in [-0.1, -0.05) is 31.2 Å². The third-order valence-electron chi connectivity index (χ3n) is 4.31. The monoisotopic (exact) mass is 334 g/mol. The molecule has 2 amide bonds. The molecular formula is C19H30N2O3. The molecule has 134 valence electrons. The van der Waals surface area contributed by atoms with E-state index in [0.29, 0.717) is 26.2 Å². The number of urea groups is 1. The zero-order chi connectivity index (χ0) is 17.7. The maximum absolute atomic E-state index is 12.2. The number of carbonyl (C=O) groups is 1. The average Bonchev–Trinajstić information content (AvgIpc) is 2.53. The van der Waals surface area contributed by atoms with E-state index in [1.54, 1.807) is 4.90 Å². The normalized spacial score (nSPS) is 21.6. The van der Waals surface area contributed by atoms with Crippen molar-refractivity contribution in [3.8, 4) is 0 Å².